The summed E-state index contributed by atoms with van der Waals surface area (Å²) in [7, 11) is 1.29. The van der Waals surface area contributed by atoms with E-state index in [1.807, 2.05) is 13.8 Å². The van der Waals surface area contributed by atoms with Gasteiger partial charge in [-0.25, -0.2) is 9.59 Å². The molecule has 1 aromatic rings. The number of carbonyl (C=O) groups excluding carboxylic acids is 2. The molecule has 2 atom stereocenters. The number of pyridine rings is 1. The van der Waals surface area contributed by atoms with Gasteiger partial charge < -0.3 is 14.8 Å². The molecule has 0 fully saturated rings. The average Bonchev–Trinajstić information content (AvgIpc) is 2.50. The van der Waals surface area contributed by atoms with Crippen molar-refractivity contribution in [2.24, 2.45) is 5.92 Å². The van der Waals surface area contributed by atoms with Crippen LogP contribution in [0, 0.1) is 5.92 Å². The van der Waals surface area contributed by atoms with E-state index in [0.717, 1.165) is 6.42 Å². The van der Waals surface area contributed by atoms with Crippen molar-refractivity contribution in [3.8, 4) is 0 Å². The molecule has 0 saturated carbocycles. The van der Waals surface area contributed by atoms with Gasteiger partial charge in [-0.05, 0) is 18.1 Å². The molecule has 1 rings (SSSR count). The molecule has 6 nitrogen and oxygen atoms in total. The molecular weight excluding hydrogens is 260 g/mol. The zero-order valence-electron chi connectivity index (χ0n) is 12.0. The molecule has 1 N–H and O–H groups in total. The van der Waals surface area contributed by atoms with E-state index in [2.05, 4.69) is 15.0 Å². The molecule has 0 radical (unpaired) electrons. The van der Waals surface area contributed by atoms with E-state index in [4.69, 9.17) is 4.74 Å². The monoisotopic (exact) mass is 280 g/mol. The molecule has 110 valence electrons. The van der Waals surface area contributed by atoms with Crippen molar-refractivity contribution in [2.75, 3.05) is 7.11 Å². The Morgan fingerprint density at radius 1 is 1.40 bits per heavy atom. The number of methoxy groups -OCH3 is 1. The number of ether oxygens (including phenoxy) is 2. The van der Waals surface area contributed by atoms with Gasteiger partial charge in [-0.15, -0.1) is 0 Å². The minimum Gasteiger partial charge on any atom is -0.467 e. The second-order valence-corrected chi connectivity index (χ2v) is 4.43. The Kier molecular flexibility index (Phi) is 6.49. The van der Waals surface area contributed by atoms with Crippen LogP contribution in [0.15, 0.2) is 24.4 Å². The fourth-order valence-corrected chi connectivity index (χ4v) is 1.59. The second kappa shape index (κ2) is 8.14. The van der Waals surface area contributed by atoms with E-state index in [0.29, 0.717) is 5.69 Å². The fourth-order valence-electron chi connectivity index (χ4n) is 1.59. The topological polar surface area (TPSA) is 77.5 Å². The van der Waals surface area contributed by atoms with Gasteiger partial charge in [0.05, 0.1) is 12.8 Å². The number of alkyl carbamates (subject to hydrolysis) is 1. The van der Waals surface area contributed by atoms with Gasteiger partial charge in [0, 0.05) is 6.20 Å². The summed E-state index contributed by atoms with van der Waals surface area (Å²) in [5, 5.41) is 2.53. The molecular formula is C14H20N2O4. The van der Waals surface area contributed by atoms with Crippen LogP contribution in [0.3, 0.4) is 0 Å². The SMILES string of the molecule is CC[C@H](C)[C@H](NC(=O)OCc1ccccn1)C(=O)OC. The third-order valence-electron chi connectivity index (χ3n) is 3.02. The predicted molar refractivity (Wildman–Crippen MR) is 72.8 cm³/mol. The van der Waals surface area contributed by atoms with E-state index in [1.165, 1.54) is 7.11 Å². The highest BCUT2D eigenvalue weighted by atomic mass is 16.6. The van der Waals surface area contributed by atoms with Gasteiger partial charge in [0.15, 0.2) is 0 Å². The van der Waals surface area contributed by atoms with Crippen molar-refractivity contribution in [3.63, 3.8) is 0 Å². The Bertz CT molecular complexity index is 436. The van der Waals surface area contributed by atoms with Gasteiger partial charge in [-0.3, -0.25) is 4.98 Å². The Morgan fingerprint density at radius 2 is 2.15 bits per heavy atom. The number of rotatable bonds is 6. The summed E-state index contributed by atoms with van der Waals surface area (Å²) in [6.45, 7) is 3.85. The van der Waals surface area contributed by atoms with Crippen LogP contribution in [0.5, 0.6) is 0 Å². The zero-order valence-corrected chi connectivity index (χ0v) is 12.0. The molecule has 6 heteroatoms. The predicted octanol–water partition coefficient (Wildman–Crippen LogP) is 1.90. The minimum absolute atomic E-state index is 0.0372. The van der Waals surface area contributed by atoms with Gasteiger partial charge in [-0.2, -0.15) is 0 Å². The molecule has 1 heterocycles. The zero-order chi connectivity index (χ0) is 15.0. The maximum absolute atomic E-state index is 11.7. The van der Waals surface area contributed by atoms with Crippen molar-refractivity contribution in [1.29, 1.82) is 0 Å². The quantitative estimate of drug-likeness (QED) is 0.805. The van der Waals surface area contributed by atoms with Gasteiger partial charge >= 0.3 is 12.1 Å². The second-order valence-electron chi connectivity index (χ2n) is 4.43. The van der Waals surface area contributed by atoms with Crippen molar-refractivity contribution in [1.82, 2.24) is 10.3 Å². The van der Waals surface area contributed by atoms with Crippen molar-refractivity contribution >= 4 is 12.1 Å². The van der Waals surface area contributed by atoms with Gasteiger partial charge in [0.25, 0.3) is 0 Å². The number of carbonyl (C=O) groups is 2. The molecule has 0 saturated heterocycles. The molecule has 0 aromatic carbocycles. The standard InChI is InChI=1S/C14H20N2O4/c1-4-10(2)12(13(17)19-3)16-14(18)20-9-11-7-5-6-8-15-11/h5-8,10,12H,4,9H2,1-3H3,(H,16,18)/t10-,12-/m0/s1. The number of aromatic nitrogens is 1. The number of hydrogen-bond acceptors (Lipinski definition) is 5. The summed E-state index contributed by atoms with van der Waals surface area (Å²) in [4.78, 5) is 27.4. The van der Waals surface area contributed by atoms with Crippen molar-refractivity contribution in [3.05, 3.63) is 30.1 Å². The largest absolute Gasteiger partial charge is 0.467 e. The molecule has 0 spiro atoms. The summed E-state index contributed by atoms with van der Waals surface area (Å²) in [6.07, 6.45) is 1.69. The van der Waals surface area contributed by atoms with E-state index >= 15 is 0 Å². The Labute approximate surface area is 118 Å². The molecule has 20 heavy (non-hydrogen) atoms. The number of nitrogens with zero attached hydrogens (tertiary/aromatic N) is 1. The highest BCUT2D eigenvalue weighted by molar-refractivity contribution is 5.81. The normalized spacial score (nSPS) is 13.2. The maximum atomic E-state index is 11.7. The molecule has 0 unspecified atom stereocenters. The van der Waals surface area contributed by atoms with E-state index < -0.39 is 18.1 Å². The number of amides is 1. The van der Waals surface area contributed by atoms with Gasteiger partial charge in [0.2, 0.25) is 0 Å². The molecule has 0 aliphatic carbocycles. The van der Waals surface area contributed by atoms with E-state index in [9.17, 15) is 9.59 Å². The summed E-state index contributed by atoms with van der Waals surface area (Å²) in [5.74, 6) is -0.515. The number of hydrogen-bond donors (Lipinski definition) is 1. The molecule has 0 aliphatic rings. The fraction of sp³-hybridized carbons (Fsp3) is 0.500. The van der Waals surface area contributed by atoms with Crippen LogP contribution in [-0.4, -0.2) is 30.2 Å². The highest BCUT2D eigenvalue weighted by Gasteiger charge is 2.27. The summed E-state index contributed by atoms with van der Waals surface area (Å²) in [6, 6.07) is 4.63. The Hall–Kier alpha value is -2.11. The molecule has 1 amide bonds. The molecule has 0 bridgehead atoms. The lowest BCUT2D eigenvalue weighted by Crippen LogP contribution is -2.45. The first-order valence-electron chi connectivity index (χ1n) is 6.49. The number of nitrogens with one attached hydrogen (secondary N) is 1. The Morgan fingerprint density at radius 3 is 2.70 bits per heavy atom. The lowest BCUT2D eigenvalue weighted by molar-refractivity contribution is -0.144. The van der Waals surface area contributed by atoms with Crippen LogP contribution in [0.1, 0.15) is 26.0 Å². The first-order valence-corrected chi connectivity index (χ1v) is 6.49. The first kappa shape index (κ1) is 15.9. The van der Waals surface area contributed by atoms with Crippen molar-refractivity contribution in [2.45, 2.75) is 32.9 Å². The average molecular weight is 280 g/mol. The van der Waals surface area contributed by atoms with Crippen molar-refractivity contribution < 1.29 is 19.1 Å². The molecule has 1 aromatic heterocycles. The van der Waals surface area contributed by atoms with Crippen LogP contribution >= 0.6 is 0 Å². The third kappa shape index (κ3) is 4.87. The third-order valence-corrected chi connectivity index (χ3v) is 3.02. The van der Waals surface area contributed by atoms with Gasteiger partial charge in [0.1, 0.15) is 12.6 Å². The molecule has 0 aliphatic heterocycles. The lowest BCUT2D eigenvalue weighted by Gasteiger charge is -2.21. The Balaban J connectivity index is 2.51. The van der Waals surface area contributed by atoms with Crippen LogP contribution in [-0.2, 0) is 20.9 Å². The first-order chi connectivity index (χ1) is 9.58. The van der Waals surface area contributed by atoms with Gasteiger partial charge in [-0.1, -0.05) is 26.3 Å². The van der Waals surface area contributed by atoms with Crippen LogP contribution < -0.4 is 5.32 Å². The van der Waals surface area contributed by atoms with E-state index in [1.54, 1.807) is 24.4 Å². The summed E-state index contributed by atoms with van der Waals surface area (Å²) in [5.41, 5.74) is 0.640. The smallest absolute Gasteiger partial charge is 0.408 e. The van der Waals surface area contributed by atoms with E-state index in [-0.39, 0.29) is 12.5 Å². The number of esters is 1. The minimum atomic E-state index is -0.707. The highest BCUT2D eigenvalue weighted by Crippen LogP contribution is 2.09. The summed E-state index contributed by atoms with van der Waals surface area (Å²) >= 11 is 0. The maximum Gasteiger partial charge on any atom is 0.408 e. The lowest BCUT2D eigenvalue weighted by atomic mass is 9.99. The van der Waals surface area contributed by atoms with Crippen LogP contribution in [0.25, 0.3) is 0 Å². The summed E-state index contributed by atoms with van der Waals surface area (Å²) < 4.78 is 9.70. The van der Waals surface area contributed by atoms with Crippen LogP contribution in [0.4, 0.5) is 4.79 Å². The van der Waals surface area contributed by atoms with Crippen LogP contribution in [0.2, 0.25) is 0 Å².